The van der Waals surface area contributed by atoms with Gasteiger partial charge in [0.05, 0.1) is 13.2 Å². The summed E-state index contributed by atoms with van der Waals surface area (Å²) >= 11 is 0. The maximum Gasteiger partial charge on any atom is 0.305 e. The quantitative estimate of drug-likeness (QED) is 0.495. The van der Waals surface area contributed by atoms with Crippen molar-refractivity contribution in [2.45, 2.75) is 66.2 Å². The first-order valence-corrected chi connectivity index (χ1v) is 6.93. The Morgan fingerprint density at radius 1 is 0.778 bits per heavy atom. The fraction of sp³-hybridized carbons (Fsp3) is 0.857. The number of carbonyl (C=O) groups excluding carboxylic acids is 2. The summed E-state index contributed by atoms with van der Waals surface area (Å²) in [5.41, 5.74) is 0. The van der Waals surface area contributed by atoms with E-state index in [0.29, 0.717) is 26.1 Å². The second-order valence-electron chi connectivity index (χ2n) is 3.88. The molecule has 108 valence electrons. The third-order valence-electron chi connectivity index (χ3n) is 1.97. The number of rotatable bonds is 8. The van der Waals surface area contributed by atoms with Gasteiger partial charge in [-0.05, 0) is 26.2 Å². The Morgan fingerprint density at radius 2 is 1.28 bits per heavy atom. The van der Waals surface area contributed by atoms with Gasteiger partial charge in [-0.2, -0.15) is 0 Å². The lowest BCUT2D eigenvalue weighted by molar-refractivity contribution is -0.144. The van der Waals surface area contributed by atoms with Crippen molar-refractivity contribution < 1.29 is 19.1 Å². The second kappa shape index (κ2) is 15.9. The van der Waals surface area contributed by atoms with E-state index in [2.05, 4.69) is 11.7 Å². The molecule has 0 aromatic carbocycles. The average Bonchev–Trinajstić information content (AvgIpc) is 2.31. The van der Waals surface area contributed by atoms with E-state index in [1.807, 2.05) is 20.8 Å². The smallest absolute Gasteiger partial charge is 0.305 e. The van der Waals surface area contributed by atoms with E-state index in [0.717, 1.165) is 25.7 Å². The zero-order valence-corrected chi connectivity index (χ0v) is 12.3. The Bertz CT molecular complexity index is 194. The van der Waals surface area contributed by atoms with Crippen molar-refractivity contribution in [1.82, 2.24) is 0 Å². The molecular formula is C14H28O4. The number of hydrogen-bond acceptors (Lipinski definition) is 4. The Kier molecular flexibility index (Phi) is 17.1. The van der Waals surface area contributed by atoms with Gasteiger partial charge in [-0.1, -0.05) is 27.2 Å². The molecule has 0 atom stereocenters. The summed E-state index contributed by atoms with van der Waals surface area (Å²) in [7, 11) is 0. The first-order chi connectivity index (χ1) is 8.62. The molecular weight excluding hydrogens is 232 g/mol. The van der Waals surface area contributed by atoms with Crippen LogP contribution in [-0.4, -0.2) is 25.2 Å². The van der Waals surface area contributed by atoms with E-state index in [1.165, 1.54) is 0 Å². The van der Waals surface area contributed by atoms with Crippen LogP contribution in [0.3, 0.4) is 0 Å². The third-order valence-corrected chi connectivity index (χ3v) is 1.97. The highest BCUT2D eigenvalue weighted by Crippen LogP contribution is 1.93. The third kappa shape index (κ3) is 17.3. The molecule has 4 nitrogen and oxygen atoms in total. The summed E-state index contributed by atoms with van der Waals surface area (Å²) in [6.07, 6.45) is 4.93. The van der Waals surface area contributed by atoms with Crippen LogP contribution < -0.4 is 0 Å². The van der Waals surface area contributed by atoms with Crippen LogP contribution >= 0.6 is 0 Å². The fourth-order valence-electron chi connectivity index (χ4n) is 1.04. The molecule has 0 bridgehead atoms. The molecule has 0 unspecified atom stereocenters. The minimum absolute atomic E-state index is 0.0593. The van der Waals surface area contributed by atoms with Crippen molar-refractivity contribution >= 4 is 11.9 Å². The molecule has 0 saturated carbocycles. The van der Waals surface area contributed by atoms with E-state index < -0.39 is 0 Å². The Labute approximate surface area is 111 Å². The lowest BCUT2D eigenvalue weighted by Gasteiger charge is -2.00. The van der Waals surface area contributed by atoms with Gasteiger partial charge in [0.15, 0.2) is 0 Å². The molecule has 0 fully saturated rings. The second-order valence-corrected chi connectivity index (χ2v) is 3.88. The van der Waals surface area contributed by atoms with Crippen LogP contribution in [0.15, 0.2) is 0 Å². The highest BCUT2D eigenvalue weighted by Gasteiger charge is 1.97. The van der Waals surface area contributed by atoms with Gasteiger partial charge < -0.3 is 9.47 Å². The van der Waals surface area contributed by atoms with Crippen LogP contribution in [0.2, 0.25) is 0 Å². The van der Waals surface area contributed by atoms with Gasteiger partial charge in [0.2, 0.25) is 0 Å². The largest absolute Gasteiger partial charge is 0.466 e. The maximum atomic E-state index is 10.7. The van der Waals surface area contributed by atoms with Gasteiger partial charge in [0.1, 0.15) is 0 Å². The summed E-state index contributed by atoms with van der Waals surface area (Å²) in [4.78, 5) is 21.1. The van der Waals surface area contributed by atoms with Gasteiger partial charge in [0, 0.05) is 12.8 Å². The van der Waals surface area contributed by atoms with Gasteiger partial charge >= 0.3 is 11.9 Å². The monoisotopic (exact) mass is 260 g/mol. The van der Waals surface area contributed by atoms with Gasteiger partial charge in [-0.25, -0.2) is 0 Å². The molecule has 0 heterocycles. The Balaban J connectivity index is 0. The fourth-order valence-corrected chi connectivity index (χ4v) is 1.04. The van der Waals surface area contributed by atoms with Crippen LogP contribution in [0.25, 0.3) is 0 Å². The van der Waals surface area contributed by atoms with Crippen molar-refractivity contribution in [1.29, 1.82) is 0 Å². The van der Waals surface area contributed by atoms with E-state index in [4.69, 9.17) is 4.74 Å². The van der Waals surface area contributed by atoms with Crippen molar-refractivity contribution in [3.05, 3.63) is 0 Å². The molecule has 0 N–H and O–H groups in total. The lowest BCUT2D eigenvalue weighted by Crippen LogP contribution is -2.04. The van der Waals surface area contributed by atoms with Crippen LogP contribution in [0.5, 0.6) is 0 Å². The highest BCUT2D eigenvalue weighted by atomic mass is 16.5. The van der Waals surface area contributed by atoms with Crippen molar-refractivity contribution in [3.63, 3.8) is 0 Å². The summed E-state index contributed by atoms with van der Waals surface area (Å²) in [5.74, 6) is -0.147. The van der Waals surface area contributed by atoms with Gasteiger partial charge in [-0.15, -0.1) is 0 Å². The maximum absolute atomic E-state index is 10.7. The molecule has 0 aromatic rings. The number of ether oxygens (including phenoxy) is 2. The number of unbranched alkanes of at least 4 members (excludes halogenated alkanes) is 1. The molecule has 0 saturated heterocycles. The van der Waals surface area contributed by atoms with Crippen molar-refractivity contribution in [2.24, 2.45) is 0 Å². The molecule has 0 aliphatic rings. The minimum atomic E-state index is -0.0880. The first kappa shape index (κ1) is 19.3. The van der Waals surface area contributed by atoms with Crippen LogP contribution in [-0.2, 0) is 19.1 Å². The SMILES string of the molecule is CCCC(=O)OCC.CCCCOC(=O)CCC. The lowest BCUT2D eigenvalue weighted by atomic mass is 10.3. The average molecular weight is 260 g/mol. The number of carbonyl (C=O) groups is 2. The molecule has 0 aromatic heterocycles. The van der Waals surface area contributed by atoms with E-state index in [-0.39, 0.29) is 11.9 Å². The van der Waals surface area contributed by atoms with E-state index in [1.54, 1.807) is 0 Å². The molecule has 0 aliphatic heterocycles. The molecule has 0 amide bonds. The predicted octanol–water partition coefficient (Wildman–Crippen LogP) is 3.48. The topological polar surface area (TPSA) is 52.6 Å². The van der Waals surface area contributed by atoms with Crippen LogP contribution in [0.1, 0.15) is 66.2 Å². The highest BCUT2D eigenvalue weighted by molar-refractivity contribution is 5.69. The Hall–Kier alpha value is -1.06. The Morgan fingerprint density at radius 3 is 1.67 bits per heavy atom. The summed E-state index contributed by atoms with van der Waals surface area (Å²) < 4.78 is 9.53. The normalized spacial score (nSPS) is 9.11. The predicted molar refractivity (Wildman–Crippen MR) is 72.3 cm³/mol. The molecule has 0 aliphatic carbocycles. The summed E-state index contributed by atoms with van der Waals surface area (Å²) in [5, 5.41) is 0. The molecule has 18 heavy (non-hydrogen) atoms. The molecule has 0 spiro atoms. The van der Waals surface area contributed by atoms with E-state index >= 15 is 0 Å². The van der Waals surface area contributed by atoms with Crippen molar-refractivity contribution in [3.8, 4) is 0 Å². The first-order valence-electron chi connectivity index (χ1n) is 6.93. The zero-order valence-electron chi connectivity index (χ0n) is 12.3. The van der Waals surface area contributed by atoms with Crippen LogP contribution in [0.4, 0.5) is 0 Å². The minimum Gasteiger partial charge on any atom is -0.466 e. The summed E-state index contributed by atoms with van der Waals surface area (Å²) in [6, 6.07) is 0. The number of hydrogen-bond donors (Lipinski definition) is 0. The van der Waals surface area contributed by atoms with Crippen molar-refractivity contribution in [2.75, 3.05) is 13.2 Å². The van der Waals surface area contributed by atoms with Crippen LogP contribution in [0, 0.1) is 0 Å². The molecule has 0 rings (SSSR count). The van der Waals surface area contributed by atoms with Gasteiger partial charge in [0.25, 0.3) is 0 Å². The molecule has 0 radical (unpaired) electrons. The van der Waals surface area contributed by atoms with E-state index in [9.17, 15) is 9.59 Å². The standard InChI is InChI=1S/C8H16O2.C6H12O2/c1-3-5-7-10-8(9)6-4-2;1-3-5-6(7)8-4-2/h3-7H2,1-2H3;3-5H2,1-2H3. The summed E-state index contributed by atoms with van der Waals surface area (Å²) in [6.45, 7) is 8.91. The molecule has 4 heteroatoms. The van der Waals surface area contributed by atoms with Gasteiger partial charge in [-0.3, -0.25) is 9.59 Å². The number of esters is 2. The zero-order chi connectivity index (χ0) is 14.2.